The normalized spacial score (nSPS) is 9.50. The van der Waals surface area contributed by atoms with Crippen LogP contribution in [0.3, 0.4) is 0 Å². The van der Waals surface area contributed by atoms with E-state index in [-0.39, 0.29) is 12.4 Å². The van der Waals surface area contributed by atoms with E-state index >= 15 is 0 Å². The predicted octanol–water partition coefficient (Wildman–Crippen LogP) is 1.87. The smallest absolute Gasteiger partial charge is 0.332 e. The summed E-state index contributed by atoms with van der Waals surface area (Å²) in [5, 5.41) is 3.62. The third-order valence-corrected chi connectivity index (χ3v) is 2.01. The first kappa shape index (κ1) is 12.9. The fourth-order valence-electron chi connectivity index (χ4n) is 0.745. The Kier molecular flexibility index (Phi) is 5.91. The van der Waals surface area contributed by atoms with Crippen LogP contribution in [-0.4, -0.2) is 12.2 Å². The van der Waals surface area contributed by atoms with Crippen LogP contribution in [0.5, 0.6) is 0 Å². The molecule has 2 amide bonds. The maximum Gasteiger partial charge on any atom is 0.332 e. The maximum absolute atomic E-state index is 10.3. The van der Waals surface area contributed by atoms with Crippen molar-refractivity contribution in [2.24, 2.45) is 10.8 Å². The average Bonchev–Trinajstić information content (AvgIpc) is 2.08. The lowest BCUT2D eigenvalue weighted by Gasteiger charge is -1.95. The van der Waals surface area contributed by atoms with Gasteiger partial charge in [-0.3, -0.25) is 0 Å². The summed E-state index contributed by atoms with van der Waals surface area (Å²) in [5.74, 6) is 0. The lowest BCUT2D eigenvalue weighted by atomic mass is 10.2. The van der Waals surface area contributed by atoms with Gasteiger partial charge in [-0.15, -0.1) is 12.4 Å². The van der Waals surface area contributed by atoms with Crippen molar-refractivity contribution in [2.45, 2.75) is 0 Å². The van der Waals surface area contributed by atoms with Crippen LogP contribution >= 0.6 is 28.3 Å². The zero-order valence-electron chi connectivity index (χ0n) is 7.11. The van der Waals surface area contributed by atoms with E-state index in [1.165, 1.54) is 6.21 Å². The summed E-state index contributed by atoms with van der Waals surface area (Å²) in [6.07, 6.45) is 1.51. The van der Waals surface area contributed by atoms with E-state index < -0.39 is 6.03 Å². The zero-order chi connectivity index (χ0) is 9.68. The van der Waals surface area contributed by atoms with Gasteiger partial charge in [-0.25, -0.2) is 10.2 Å². The Morgan fingerprint density at radius 2 is 2.14 bits per heavy atom. The molecule has 14 heavy (non-hydrogen) atoms. The van der Waals surface area contributed by atoms with Gasteiger partial charge in [0.25, 0.3) is 0 Å². The van der Waals surface area contributed by atoms with Crippen molar-refractivity contribution >= 4 is 40.6 Å². The third-order valence-electron chi connectivity index (χ3n) is 1.28. The molecular formula is C8H9BrClN3O. The van der Waals surface area contributed by atoms with Gasteiger partial charge in [0.15, 0.2) is 0 Å². The van der Waals surface area contributed by atoms with Gasteiger partial charge < -0.3 is 5.73 Å². The molecule has 0 atom stereocenters. The first-order valence-electron chi connectivity index (χ1n) is 3.53. The molecule has 0 saturated carbocycles. The van der Waals surface area contributed by atoms with E-state index in [1.54, 1.807) is 0 Å². The highest BCUT2D eigenvalue weighted by molar-refractivity contribution is 9.10. The quantitative estimate of drug-likeness (QED) is 0.629. The molecule has 0 aliphatic heterocycles. The average molecular weight is 279 g/mol. The van der Waals surface area contributed by atoms with Crippen molar-refractivity contribution in [3.63, 3.8) is 0 Å². The van der Waals surface area contributed by atoms with Gasteiger partial charge in [0.2, 0.25) is 0 Å². The van der Waals surface area contributed by atoms with Gasteiger partial charge in [0.05, 0.1) is 6.21 Å². The van der Waals surface area contributed by atoms with Crippen LogP contribution in [-0.2, 0) is 0 Å². The van der Waals surface area contributed by atoms with Crippen molar-refractivity contribution in [1.29, 1.82) is 0 Å². The van der Waals surface area contributed by atoms with E-state index in [2.05, 4.69) is 26.5 Å². The molecule has 1 aromatic rings. The largest absolute Gasteiger partial charge is 0.350 e. The lowest BCUT2D eigenvalue weighted by Crippen LogP contribution is -2.24. The highest BCUT2D eigenvalue weighted by Gasteiger charge is 1.93. The molecule has 0 aromatic heterocycles. The molecule has 0 bridgehead atoms. The molecule has 76 valence electrons. The van der Waals surface area contributed by atoms with Gasteiger partial charge in [-0.05, 0) is 6.07 Å². The lowest BCUT2D eigenvalue weighted by molar-refractivity contribution is 0.249. The number of benzene rings is 1. The summed E-state index contributed by atoms with van der Waals surface area (Å²) in [5.41, 5.74) is 7.80. The summed E-state index contributed by atoms with van der Waals surface area (Å²) in [4.78, 5) is 10.3. The Labute approximate surface area is 96.1 Å². The van der Waals surface area contributed by atoms with E-state index in [0.29, 0.717) is 0 Å². The molecule has 0 fully saturated rings. The van der Waals surface area contributed by atoms with Crippen LogP contribution < -0.4 is 11.2 Å². The molecule has 0 spiro atoms. The molecule has 6 heteroatoms. The fourth-order valence-corrected chi connectivity index (χ4v) is 1.13. The number of carbonyl (C=O) groups is 1. The molecule has 0 heterocycles. The number of nitrogens with two attached hydrogens (primary N) is 1. The third kappa shape index (κ3) is 4.25. The van der Waals surface area contributed by atoms with Crippen molar-refractivity contribution < 1.29 is 4.79 Å². The Morgan fingerprint density at radius 1 is 1.50 bits per heavy atom. The molecule has 4 nitrogen and oxygen atoms in total. The Morgan fingerprint density at radius 3 is 2.71 bits per heavy atom. The second kappa shape index (κ2) is 6.39. The molecule has 0 aliphatic carbocycles. The number of hydrogen-bond donors (Lipinski definition) is 2. The van der Waals surface area contributed by atoms with Gasteiger partial charge in [-0.2, -0.15) is 5.10 Å². The number of hydrogen-bond acceptors (Lipinski definition) is 2. The first-order valence-corrected chi connectivity index (χ1v) is 4.32. The Bertz CT molecular complexity index is 343. The topological polar surface area (TPSA) is 67.5 Å². The highest BCUT2D eigenvalue weighted by atomic mass is 79.9. The number of nitrogens with one attached hydrogen (secondary N) is 1. The first-order chi connectivity index (χ1) is 6.20. The molecule has 0 saturated heterocycles. The summed E-state index contributed by atoms with van der Waals surface area (Å²) in [6.45, 7) is 0. The zero-order valence-corrected chi connectivity index (χ0v) is 9.51. The minimum absolute atomic E-state index is 0. The SMILES string of the molecule is Cl.NC(=O)N/N=C/c1ccccc1Br. The molecular weight excluding hydrogens is 269 g/mol. The van der Waals surface area contributed by atoms with Gasteiger partial charge in [-0.1, -0.05) is 34.1 Å². The van der Waals surface area contributed by atoms with Crippen LogP contribution in [0.25, 0.3) is 0 Å². The molecule has 1 rings (SSSR count). The van der Waals surface area contributed by atoms with E-state index in [4.69, 9.17) is 5.73 Å². The number of halogens is 2. The number of amides is 2. The van der Waals surface area contributed by atoms with Crippen molar-refractivity contribution in [3.8, 4) is 0 Å². The van der Waals surface area contributed by atoms with E-state index in [9.17, 15) is 4.79 Å². The monoisotopic (exact) mass is 277 g/mol. The predicted molar refractivity (Wildman–Crippen MR) is 61.7 cm³/mol. The Balaban J connectivity index is 0.00000169. The summed E-state index contributed by atoms with van der Waals surface area (Å²) in [7, 11) is 0. The van der Waals surface area contributed by atoms with Crippen LogP contribution in [0.2, 0.25) is 0 Å². The van der Waals surface area contributed by atoms with Crippen LogP contribution in [0, 0.1) is 0 Å². The van der Waals surface area contributed by atoms with Gasteiger partial charge in [0, 0.05) is 10.0 Å². The molecule has 0 unspecified atom stereocenters. The summed E-state index contributed by atoms with van der Waals surface area (Å²) < 4.78 is 0.907. The molecule has 0 aliphatic rings. The van der Waals surface area contributed by atoms with Crippen LogP contribution in [0.15, 0.2) is 33.8 Å². The number of carbonyl (C=O) groups excluding carboxylic acids is 1. The van der Waals surface area contributed by atoms with Crippen LogP contribution in [0.4, 0.5) is 4.79 Å². The number of primary amides is 1. The van der Waals surface area contributed by atoms with E-state index in [0.717, 1.165) is 10.0 Å². The molecule has 0 radical (unpaired) electrons. The van der Waals surface area contributed by atoms with Crippen molar-refractivity contribution in [2.75, 3.05) is 0 Å². The van der Waals surface area contributed by atoms with Crippen LogP contribution in [0.1, 0.15) is 5.56 Å². The maximum atomic E-state index is 10.3. The number of nitrogens with zero attached hydrogens (tertiary/aromatic N) is 1. The number of urea groups is 1. The standard InChI is InChI=1S/C8H8BrN3O.ClH/c9-7-4-2-1-3-6(7)5-11-12-8(10)13;/h1-5H,(H3,10,12,13);1H/b11-5+;. The van der Waals surface area contributed by atoms with Crippen molar-refractivity contribution in [3.05, 3.63) is 34.3 Å². The summed E-state index contributed by atoms with van der Waals surface area (Å²) in [6, 6.07) is 6.82. The summed E-state index contributed by atoms with van der Waals surface area (Å²) >= 11 is 3.33. The minimum Gasteiger partial charge on any atom is -0.350 e. The number of rotatable bonds is 2. The van der Waals surface area contributed by atoms with Gasteiger partial charge >= 0.3 is 6.03 Å². The second-order valence-electron chi connectivity index (χ2n) is 2.26. The molecule has 3 N–H and O–H groups in total. The van der Waals surface area contributed by atoms with E-state index in [1.807, 2.05) is 24.3 Å². The second-order valence-corrected chi connectivity index (χ2v) is 3.11. The minimum atomic E-state index is -0.677. The Hall–Kier alpha value is -1.07. The highest BCUT2D eigenvalue weighted by Crippen LogP contribution is 2.12. The van der Waals surface area contributed by atoms with Gasteiger partial charge in [0.1, 0.15) is 0 Å². The number of hydrazone groups is 1. The van der Waals surface area contributed by atoms with Crippen molar-refractivity contribution in [1.82, 2.24) is 5.43 Å². The fraction of sp³-hybridized carbons (Fsp3) is 0. The molecule has 1 aromatic carbocycles.